The van der Waals surface area contributed by atoms with Crippen molar-refractivity contribution in [3.8, 4) is 0 Å². The molecule has 0 N–H and O–H groups in total. The Bertz CT molecular complexity index is 825. The summed E-state index contributed by atoms with van der Waals surface area (Å²) in [5.41, 5.74) is 3.44. The first kappa shape index (κ1) is 13.1. The fourth-order valence-corrected chi connectivity index (χ4v) is 3.65. The van der Waals surface area contributed by atoms with Crippen LogP contribution >= 0.6 is 34.4 Å². The number of aromatic nitrogens is 3. The van der Waals surface area contributed by atoms with E-state index < -0.39 is 0 Å². The first-order valence-corrected chi connectivity index (χ1v) is 8.59. The topological polar surface area (TPSA) is 33.4 Å². The molecule has 0 fully saturated rings. The quantitative estimate of drug-likeness (QED) is 0.606. The number of rotatable bonds is 2. The van der Waals surface area contributed by atoms with E-state index in [-0.39, 0.29) is 0 Å². The molecule has 104 valence electrons. The second-order valence-corrected chi connectivity index (χ2v) is 6.71. The molecule has 1 aliphatic rings. The Balaban J connectivity index is 1.78. The standard InChI is InChI=1S/C15H11IN4S/c16-11-2-4-12(5-3-11)20-10-21-9-14(20)13-8-18-15-17-6-1-7-19(13)15/h1-9H,10H2. The van der Waals surface area contributed by atoms with Gasteiger partial charge >= 0.3 is 0 Å². The molecule has 0 amide bonds. The molecule has 2 aromatic heterocycles. The number of hydrogen-bond acceptors (Lipinski definition) is 4. The van der Waals surface area contributed by atoms with Gasteiger partial charge in [-0.2, -0.15) is 0 Å². The van der Waals surface area contributed by atoms with Crippen LogP contribution in [0.15, 0.2) is 54.3 Å². The number of fused-ring (bicyclic) bond motifs is 1. The molecular weight excluding hydrogens is 395 g/mol. The molecule has 0 spiro atoms. The Hall–Kier alpha value is -1.54. The van der Waals surface area contributed by atoms with Gasteiger partial charge < -0.3 is 4.90 Å². The van der Waals surface area contributed by atoms with E-state index in [1.54, 1.807) is 18.0 Å². The predicted molar refractivity (Wildman–Crippen MR) is 95.1 cm³/mol. The van der Waals surface area contributed by atoms with Crippen molar-refractivity contribution < 1.29 is 0 Å². The third-order valence-corrected chi connectivity index (χ3v) is 4.90. The van der Waals surface area contributed by atoms with E-state index in [4.69, 9.17) is 0 Å². The first-order valence-electron chi connectivity index (χ1n) is 6.46. The van der Waals surface area contributed by atoms with Crippen molar-refractivity contribution in [3.63, 3.8) is 0 Å². The number of anilines is 1. The molecule has 21 heavy (non-hydrogen) atoms. The summed E-state index contributed by atoms with van der Waals surface area (Å²) in [6, 6.07) is 10.5. The molecule has 0 saturated heterocycles. The van der Waals surface area contributed by atoms with E-state index in [0.29, 0.717) is 0 Å². The van der Waals surface area contributed by atoms with Crippen molar-refractivity contribution >= 4 is 51.5 Å². The van der Waals surface area contributed by atoms with Gasteiger partial charge in [0.05, 0.1) is 23.5 Å². The Labute approximate surface area is 140 Å². The second kappa shape index (κ2) is 5.34. The minimum absolute atomic E-state index is 0.730. The van der Waals surface area contributed by atoms with Gasteiger partial charge in [-0.1, -0.05) is 0 Å². The van der Waals surface area contributed by atoms with Gasteiger partial charge in [0.25, 0.3) is 0 Å². The average Bonchev–Trinajstić information content (AvgIpc) is 3.14. The highest BCUT2D eigenvalue weighted by Crippen LogP contribution is 2.35. The van der Waals surface area contributed by atoms with E-state index >= 15 is 0 Å². The lowest BCUT2D eigenvalue weighted by Crippen LogP contribution is -2.17. The van der Waals surface area contributed by atoms with Crippen molar-refractivity contribution in [1.29, 1.82) is 0 Å². The molecule has 0 bridgehead atoms. The average molecular weight is 406 g/mol. The number of halogens is 1. The van der Waals surface area contributed by atoms with Gasteiger partial charge in [0, 0.05) is 21.7 Å². The summed E-state index contributed by atoms with van der Waals surface area (Å²) in [5, 5.41) is 2.19. The number of nitrogens with zero attached hydrogens (tertiary/aromatic N) is 4. The van der Waals surface area contributed by atoms with Gasteiger partial charge in [-0.25, -0.2) is 9.97 Å². The number of benzene rings is 1. The van der Waals surface area contributed by atoms with Crippen LogP contribution in [0, 0.1) is 3.57 Å². The van der Waals surface area contributed by atoms with E-state index in [1.165, 1.54) is 15.0 Å². The van der Waals surface area contributed by atoms with Crippen molar-refractivity contribution in [2.45, 2.75) is 0 Å². The van der Waals surface area contributed by atoms with Crippen molar-refractivity contribution in [1.82, 2.24) is 14.4 Å². The van der Waals surface area contributed by atoms with E-state index in [2.05, 4.69) is 67.1 Å². The van der Waals surface area contributed by atoms with Gasteiger partial charge in [-0.05, 0) is 58.3 Å². The highest BCUT2D eigenvalue weighted by molar-refractivity contribution is 14.1. The lowest BCUT2D eigenvalue weighted by Gasteiger charge is -2.21. The predicted octanol–water partition coefficient (Wildman–Crippen LogP) is 3.84. The van der Waals surface area contributed by atoms with Crippen LogP contribution in [0.3, 0.4) is 0 Å². The van der Waals surface area contributed by atoms with Gasteiger partial charge in [0.15, 0.2) is 0 Å². The van der Waals surface area contributed by atoms with Crippen LogP contribution in [0.25, 0.3) is 11.5 Å². The summed E-state index contributed by atoms with van der Waals surface area (Å²) < 4.78 is 3.27. The van der Waals surface area contributed by atoms with Crippen molar-refractivity contribution in [2.24, 2.45) is 0 Å². The molecule has 1 aliphatic heterocycles. The largest absolute Gasteiger partial charge is 0.329 e. The Morgan fingerprint density at radius 2 is 2.00 bits per heavy atom. The fourth-order valence-electron chi connectivity index (χ4n) is 2.37. The zero-order valence-electron chi connectivity index (χ0n) is 11.0. The Morgan fingerprint density at radius 1 is 1.14 bits per heavy atom. The maximum atomic E-state index is 4.38. The molecule has 1 aromatic carbocycles. The lowest BCUT2D eigenvalue weighted by molar-refractivity contribution is 1.07. The first-order chi connectivity index (χ1) is 10.3. The Kier molecular flexibility index (Phi) is 3.34. The summed E-state index contributed by atoms with van der Waals surface area (Å²) in [5.74, 6) is 1.65. The molecule has 3 heterocycles. The van der Waals surface area contributed by atoms with Crippen LogP contribution in [0.5, 0.6) is 0 Å². The highest BCUT2D eigenvalue weighted by atomic mass is 127. The smallest absolute Gasteiger partial charge is 0.234 e. The van der Waals surface area contributed by atoms with Crippen LogP contribution in [-0.2, 0) is 0 Å². The van der Waals surface area contributed by atoms with E-state index in [1.807, 2.05) is 22.9 Å². The molecule has 0 saturated carbocycles. The zero-order valence-corrected chi connectivity index (χ0v) is 14.0. The molecular formula is C15H11IN4S. The van der Waals surface area contributed by atoms with E-state index in [0.717, 1.165) is 17.3 Å². The highest BCUT2D eigenvalue weighted by Gasteiger charge is 2.21. The number of imidazole rings is 1. The SMILES string of the molecule is Ic1ccc(N2CSC=C2c2cnc3ncccn23)cc1. The van der Waals surface area contributed by atoms with Gasteiger partial charge in [-0.3, -0.25) is 4.40 Å². The van der Waals surface area contributed by atoms with Gasteiger partial charge in [-0.15, -0.1) is 11.8 Å². The molecule has 0 aliphatic carbocycles. The van der Waals surface area contributed by atoms with Crippen LogP contribution in [0.4, 0.5) is 5.69 Å². The zero-order chi connectivity index (χ0) is 14.2. The summed E-state index contributed by atoms with van der Waals surface area (Å²) >= 11 is 4.12. The number of hydrogen-bond donors (Lipinski definition) is 0. The lowest BCUT2D eigenvalue weighted by atomic mass is 10.2. The van der Waals surface area contributed by atoms with Crippen LogP contribution in [0.1, 0.15) is 5.69 Å². The summed E-state index contributed by atoms with van der Waals surface area (Å²) in [7, 11) is 0. The molecule has 4 nitrogen and oxygen atoms in total. The van der Waals surface area contributed by atoms with Gasteiger partial charge in [0.2, 0.25) is 5.78 Å². The van der Waals surface area contributed by atoms with Crippen molar-refractivity contribution in [3.05, 3.63) is 63.6 Å². The van der Waals surface area contributed by atoms with Crippen LogP contribution < -0.4 is 4.90 Å². The summed E-state index contributed by atoms with van der Waals surface area (Å²) in [4.78, 5) is 11.0. The monoisotopic (exact) mass is 406 g/mol. The second-order valence-electron chi connectivity index (χ2n) is 4.64. The third kappa shape index (κ3) is 2.32. The van der Waals surface area contributed by atoms with Gasteiger partial charge in [0.1, 0.15) is 0 Å². The molecule has 3 aromatic rings. The minimum Gasteiger partial charge on any atom is -0.329 e. The molecule has 0 unspecified atom stereocenters. The minimum atomic E-state index is 0.730. The molecule has 0 radical (unpaired) electrons. The van der Waals surface area contributed by atoms with Crippen LogP contribution in [0.2, 0.25) is 0 Å². The molecule has 6 heteroatoms. The maximum Gasteiger partial charge on any atom is 0.234 e. The normalized spacial score (nSPS) is 14.7. The maximum absolute atomic E-state index is 4.38. The van der Waals surface area contributed by atoms with E-state index in [9.17, 15) is 0 Å². The number of thioether (sulfide) groups is 1. The molecule has 4 rings (SSSR count). The van der Waals surface area contributed by atoms with Crippen molar-refractivity contribution in [2.75, 3.05) is 10.8 Å². The summed E-state index contributed by atoms with van der Waals surface area (Å²) in [6.45, 7) is 0. The summed E-state index contributed by atoms with van der Waals surface area (Å²) in [6.07, 6.45) is 5.65. The van der Waals surface area contributed by atoms with Crippen LogP contribution in [-0.4, -0.2) is 20.2 Å². The Morgan fingerprint density at radius 3 is 2.86 bits per heavy atom. The third-order valence-electron chi connectivity index (χ3n) is 3.38. The molecule has 0 atom stereocenters. The fraction of sp³-hybridized carbons (Fsp3) is 0.0667.